The molecule has 0 aliphatic carbocycles. The first-order valence-electron chi connectivity index (χ1n) is 7.66. The van der Waals surface area contributed by atoms with Gasteiger partial charge in [-0.25, -0.2) is 0 Å². The van der Waals surface area contributed by atoms with E-state index in [1.165, 1.54) is 11.8 Å². The summed E-state index contributed by atoms with van der Waals surface area (Å²) in [6, 6.07) is 14.9. The number of amides is 1. The van der Waals surface area contributed by atoms with Crippen LogP contribution in [0.1, 0.15) is 27.6 Å². The van der Waals surface area contributed by atoms with Gasteiger partial charge in [0, 0.05) is 16.5 Å². The molecule has 0 spiro atoms. The van der Waals surface area contributed by atoms with Gasteiger partial charge >= 0.3 is 0 Å². The number of aryl methyl sites for hydroxylation is 1. The molecule has 0 aliphatic heterocycles. The second-order valence-electron chi connectivity index (χ2n) is 5.29. The number of carbonyl (C=O) groups is 1. The summed E-state index contributed by atoms with van der Waals surface area (Å²) in [4.78, 5) is 17.6. The zero-order valence-electron chi connectivity index (χ0n) is 13.5. The van der Waals surface area contributed by atoms with E-state index in [1.807, 2.05) is 36.4 Å². The van der Waals surface area contributed by atoms with Crippen LogP contribution in [0.3, 0.4) is 0 Å². The number of nitrogens with one attached hydrogen (secondary N) is 1. The Kier molecular flexibility index (Phi) is 5.73. The first-order chi connectivity index (χ1) is 12.1. The van der Waals surface area contributed by atoms with Crippen LogP contribution >= 0.6 is 23.4 Å². The third-order valence-electron chi connectivity index (χ3n) is 3.45. The molecule has 0 saturated heterocycles. The molecule has 128 valence electrons. The minimum Gasteiger partial charge on any atom is -0.348 e. The van der Waals surface area contributed by atoms with Crippen LogP contribution in [0.4, 0.5) is 0 Å². The van der Waals surface area contributed by atoms with Crippen molar-refractivity contribution in [3.63, 3.8) is 0 Å². The minimum atomic E-state index is -0.148. The van der Waals surface area contributed by atoms with E-state index in [4.69, 9.17) is 16.1 Å². The molecule has 3 rings (SSSR count). The lowest BCUT2D eigenvalue weighted by Gasteiger charge is -2.10. The van der Waals surface area contributed by atoms with Crippen molar-refractivity contribution in [1.82, 2.24) is 15.5 Å². The number of rotatable bonds is 6. The van der Waals surface area contributed by atoms with Crippen LogP contribution in [0.5, 0.6) is 0 Å². The van der Waals surface area contributed by atoms with Crippen molar-refractivity contribution in [2.75, 3.05) is 0 Å². The van der Waals surface area contributed by atoms with E-state index >= 15 is 0 Å². The summed E-state index contributed by atoms with van der Waals surface area (Å²) in [6.45, 7) is 2.15. The number of carbonyl (C=O) groups excluding carboxylic acids is 1. The van der Waals surface area contributed by atoms with Crippen LogP contribution in [0.25, 0.3) is 0 Å². The smallest absolute Gasteiger partial charge is 0.252 e. The third-order valence-corrected chi connectivity index (χ3v) is 4.88. The van der Waals surface area contributed by atoms with Crippen molar-refractivity contribution in [2.24, 2.45) is 0 Å². The molecule has 1 heterocycles. The van der Waals surface area contributed by atoms with Gasteiger partial charge in [0.2, 0.25) is 5.89 Å². The Labute approximate surface area is 154 Å². The number of aromatic nitrogens is 2. The number of thioether (sulfide) groups is 1. The second-order valence-corrected chi connectivity index (χ2v) is 6.72. The highest BCUT2D eigenvalue weighted by Gasteiger charge is 2.13. The van der Waals surface area contributed by atoms with Gasteiger partial charge in [0.15, 0.2) is 5.82 Å². The van der Waals surface area contributed by atoms with Gasteiger partial charge in [-0.05, 0) is 30.7 Å². The molecule has 0 radical (unpaired) electrons. The van der Waals surface area contributed by atoms with Crippen molar-refractivity contribution in [3.05, 3.63) is 76.4 Å². The van der Waals surface area contributed by atoms with Gasteiger partial charge in [0.1, 0.15) is 0 Å². The first kappa shape index (κ1) is 17.5. The van der Waals surface area contributed by atoms with Gasteiger partial charge in [-0.15, -0.1) is 11.8 Å². The Morgan fingerprint density at radius 3 is 2.72 bits per heavy atom. The van der Waals surface area contributed by atoms with Crippen LogP contribution in [-0.4, -0.2) is 16.0 Å². The van der Waals surface area contributed by atoms with Gasteiger partial charge in [0.25, 0.3) is 5.91 Å². The summed E-state index contributed by atoms with van der Waals surface area (Å²) in [5.41, 5.74) is 1.49. The lowest BCUT2D eigenvalue weighted by atomic mass is 10.2. The molecule has 0 atom stereocenters. The Morgan fingerprint density at radius 2 is 1.96 bits per heavy atom. The van der Waals surface area contributed by atoms with Gasteiger partial charge in [-0.2, -0.15) is 4.98 Å². The van der Waals surface area contributed by atoms with Crippen LogP contribution < -0.4 is 5.32 Å². The maximum Gasteiger partial charge on any atom is 0.252 e. The van der Waals surface area contributed by atoms with Crippen molar-refractivity contribution < 1.29 is 9.32 Å². The summed E-state index contributed by atoms with van der Waals surface area (Å²) >= 11 is 7.61. The predicted molar refractivity (Wildman–Crippen MR) is 97.7 cm³/mol. The molecule has 0 unspecified atom stereocenters. The molecule has 5 nitrogen and oxygen atoms in total. The van der Waals surface area contributed by atoms with E-state index in [0.29, 0.717) is 34.6 Å². The van der Waals surface area contributed by atoms with Gasteiger partial charge in [0.05, 0.1) is 11.3 Å². The average molecular weight is 374 g/mol. The number of benzene rings is 2. The van der Waals surface area contributed by atoms with Gasteiger partial charge < -0.3 is 9.84 Å². The SMILES string of the molecule is Cc1noc(CSc2ccccc2C(=O)NCc2ccccc2Cl)n1. The van der Waals surface area contributed by atoms with E-state index in [0.717, 1.165) is 10.5 Å². The molecule has 0 fully saturated rings. The fourth-order valence-electron chi connectivity index (χ4n) is 2.23. The molecule has 0 bridgehead atoms. The lowest BCUT2D eigenvalue weighted by Crippen LogP contribution is -2.23. The Hall–Kier alpha value is -2.31. The molecular weight excluding hydrogens is 358 g/mol. The zero-order valence-corrected chi connectivity index (χ0v) is 15.1. The molecule has 25 heavy (non-hydrogen) atoms. The van der Waals surface area contributed by atoms with Crippen molar-refractivity contribution in [2.45, 2.75) is 24.1 Å². The lowest BCUT2D eigenvalue weighted by molar-refractivity contribution is 0.0948. The minimum absolute atomic E-state index is 0.148. The second kappa shape index (κ2) is 8.18. The van der Waals surface area contributed by atoms with Crippen molar-refractivity contribution in [1.29, 1.82) is 0 Å². The Balaban J connectivity index is 1.67. The molecule has 0 saturated carbocycles. The average Bonchev–Trinajstić information content (AvgIpc) is 3.04. The summed E-state index contributed by atoms with van der Waals surface area (Å²) in [5.74, 6) is 1.50. The van der Waals surface area contributed by atoms with E-state index in [9.17, 15) is 4.79 Å². The number of halogens is 1. The summed E-state index contributed by atoms with van der Waals surface area (Å²) in [7, 11) is 0. The maximum absolute atomic E-state index is 12.5. The van der Waals surface area contributed by atoms with Crippen molar-refractivity contribution in [3.8, 4) is 0 Å². The Bertz CT molecular complexity index is 882. The molecule has 1 aromatic heterocycles. The summed E-state index contributed by atoms with van der Waals surface area (Å²) < 4.78 is 5.11. The fourth-order valence-corrected chi connectivity index (χ4v) is 3.32. The molecule has 0 aliphatic rings. The first-order valence-corrected chi connectivity index (χ1v) is 9.02. The summed E-state index contributed by atoms with van der Waals surface area (Å²) in [5, 5.41) is 7.31. The molecule has 2 aromatic carbocycles. The van der Waals surface area contributed by atoms with E-state index < -0.39 is 0 Å². The van der Waals surface area contributed by atoms with Gasteiger partial charge in [-0.1, -0.05) is 47.1 Å². The normalized spacial score (nSPS) is 10.6. The van der Waals surface area contributed by atoms with Crippen LogP contribution in [0.2, 0.25) is 5.02 Å². The molecule has 7 heteroatoms. The standard InChI is InChI=1S/C18H16ClN3O2S/c1-12-21-17(24-22-12)11-25-16-9-5-3-7-14(16)18(23)20-10-13-6-2-4-8-15(13)19/h2-9H,10-11H2,1H3,(H,20,23). The highest BCUT2D eigenvalue weighted by atomic mass is 35.5. The largest absolute Gasteiger partial charge is 0.348 e. The monoisotopic (exact) mass is 373 g/mol. The van der Waals surface area contributed by atoms with Crippen LogP contribution in [-0.2, 0) is 12.3 Å². The van der Waals surface area contributed by atoms with E-state index in [1.54, 1.807) is 19.1 Å². The van der Waals surface area contributed by atoms with Crippen LogP contribution in [0.15, 0.2) is 57.9 Å². The van der Waals surface area contributed by atoms with E-state index in [-0.39, 0.29) is 5.91 Å². The Morgan fingerprint density at radius 1 is 1.20 bits per heavy atom. The molecule has 1 N–H and O–H groups in total. The molecular formula is C18H16ClN3O2S. The number of hydrogen-bond acceptors (Lipinski definition) is 5. The maximum atomic E-state index is 12.5. The number of hydrogen-bond donors (Lipinski definition) is 1. The third kappa shape index (κ3) is 4.61. The topological polar surface area (TPSA) is 68.0 Å². The highest BCUT2D eigenvalue weighted by molar-refractivity contribution is 7.98. The fraction of sp³-hybridized carbons (Fsp3) is 0.167. The quantitative estimate of drug-likeness (QED) is 0.654. The van der Waals surface area contributed by atoms with Crippen LogP contribution in [0, 0.1) is 6.92 Å². The van der Waals surface area contributed by atoms with E-state index in [2.05, 4.69) is 15.5 Å². The number of nitrogens with zero attached hydrogens (tertiary/aromatic N) is 2. The predicted octanol–water partition coefficient (Wildman–Crippen LogP) is 4.25. The highest BCUT2D eigenvalue weighted by Crippen LogP contribution is 2.26. The molecule has 3 aromatic rings. The van der Waals surface area contributed by atoms with Gasteiger partial charge in [-0.3, -0.25) is 4.79 Å². The van der Waals surface area contributed by atoms with Crippen molar-refractivity contribution >= 4 is 29.3 Å². The summed E-state index contributed by atoms with van der Waals surface area (Å²) in [6.07, 6.45) is 0. The zero-order chi connectivity index (χ0) is 17.6. The molecule has 1 amide bonds.